The molecule has 3 aliphatic rings. The Kier molecular flexibility index (Phi) is 6.15. The number of rotatable bonds is 6. The second-order valence-electron chi connectivity index (χ2n) is 10.3. The number of anilines is 1. The van der Waals surface area contributed by atoms with Gasteiger partial charge in [0.15, 0.2) is 0 Å². The first-order valence-corrected chi connectivity index (χ1v) is 11.6. The van der Waals surface area contributed by atoms with Gasteiger partial charge in [-0.1, -0.05) is 20.8 Å². The fourth-order valence-corrected chi connectivity index (χ4v) is 6.24. The van der Waals surface area contributed by atoms with Crippen LogP contribution < -0.4 is 10.2 Å². The normalized spacial score (nSPS) is 32.1. The highest BCUT2D eigenvalue weighted by Gasteiger charge is 2.65. The Hall–Kier alpha value is -2.26. The van der Waals surface area contributed by atoms with E-state index >= 15 is 0 Å². The van der Waals surface area contributed by atoms with E-state index in [9.17, 15) is 19.8 Å². The molecule has 2 aliphatic carbocycles. The van der Waals surface area contributed by atoms with Gasteiger partial charge in [0.25, 0.3) is 0 Å². The number of piperazine rings is 1. The van der Waals surface area contributed by atoms with E-state index in [0.717, 1.165) is 12.8 Å². The maximum atomic E-state index is 12.9. The number of aromatic nitrogens is 2. The summed E-state index contributed by atoms with van der Waals surface area (Å²) in [5.41, 5.74) is -0.206. The zero-order valence-corrected chi connectivity index (χ0v) is 19.2. The van der Waals surface area contributed by atoms with Gasteiger partial charge in [0.05, 0.1) is 12.7 Å². The van der Waals surface area contributed by atoms with Gasteiger partial charge in [-0.2, -0.15) is 0 Å². The van der Waals surface area contributed by atoms with Crippen LogP contribution in [0.2, 0.25) is 0 Å². The second-order valence-corrected chi connectivity index (χ2v) is 10.3. The summed E-state index contributed by atoms with van der Waals surface area (Å²) in [5.74, 6) is 0.227. The molecule has 3 fully saturated rings. The van der Waals surface area contributed by atoms with Gasteiger partial charge in [0.1, 0.15) is 6.04 Å². The molecule has 0 aromatic carbocycles. The Bertz CT molecular complexity index is 842. The van der Waals surface area contributed by atoms with Crippen LogP contribution in [-0.2, 0) is 9.59 Å². The highest BCUT2D eigenvalue weighted by molar-refractivity contribution is 5.88. The Morgan fingerprint density at radius 3 is 2.41 bits per heavy atom. The lowest BCUT2D eigenvalue weighted by Gasteiger charge is -2.37. The molecular weight excluding hydrogens is 410 g/mol. The van der Waals surface area contributed by atoms with Gasteiger partial charge in [0, 0.05) is 45.0 Å². The molecule has 2 heterocycles. The fourth-order valence-electron chi connectivity index (χ4n) is 6.24. The lowest BCUT2D eigenvalue weighted by atomic mass is 9.70. The van der Waals surface area contributed by atoms with Gasteiger partial charge in [-0.05, 0) is 41.6 Å². The number of carbonyl (C=O) groups excluding carboxylic acids is 2. The zero-order valence-electron chi connectivity index (χ0n) is 19.2. The number of aliphatic hydroxyl groups excluding tert-OH is 2. The molecule has 5 atom stereocenters. The van der Waals surface area contributed by atoms with Crippen LogP contribution in [0, 0.1) is 22.7 Å². The van der Waals surface area contributed by atoms with Crippen molar-refractivity contribution in [2.24, 2.45) is 22.7 Å². The fraction of sp³-hybridized carbons (Fsp3) is 0.739. The lowest BCUT2D eigenvalue weighted by molar-refractivity contribution is -0.138. The number of carbonyl (C=O) groups is 2. The van der Waals surface area contributed by atoms with Gasteiger partial charge in [0.2, 0.25) is 17.8 Å². The molecule has 1 saturated heterocycles. The molecule has 1 aliphatic heterocycles. The summed E-state index contributed by atoms with van der Waals surface area (Å²) in [6.45, 7) is 8.16. The number of aliphatic hydroxyl groups is 2. The summed E-state index contributed by atoms with van der Waals surface area (Å²) in [7, 11) is 0. The van der Waals surface area contributed by atoms with Crippen LogP contribution in [0.3, 0.4) is 0 Å². The molecule has 3 N–H and O–H groups in total. The predicted molar refractivity (Wildman–Crippen MR) is 119 cm³/mol. The molecule has 9 heteroatoms. The summed E-state index contributed by atoms with van der Waals surface area (Å²) >= 11 is 0. The van der Waals surface area contributed by atoms with E-state index < -0.39 is 18.8 Å². The van der Waals surface area contributed by atoms with E-state index in [-0.39, 0.29) is 40.9 Å². The number of hydrogen-bond acceptors (Lipinski definition) is 7. The van der Waals surface area contributed by atoms with Crippen molar-refractivity contribution in [1.29, 1.82) is 0 Å². The predicted octanol–water partition coefficient (Wildman–Crippen LogP) is 0.426. The standard InChI is InChI=1S/C23H35N5O4/c1-22(2)16-5-6-23(22,3)19(31)15(16)13-18(30)26-17(14-29)20(32)27-9-11-28(12-10-27)21-24-7-4-8-25-21/h4,7-8,15-17,19,29,31H,5-6,9-14H2,1-3H3,(H,26,30)/t15?,16?,17-,19?,23?/m0/s1. The third kappa shape index (κ3) is 3.75. The molecule has 176 valence electrons. The Morgan fingerprint density at radius 2 is 1.84 bits per heavy atom. The molecular formula is C23H35N5O4. The molecule has 32 heavy (non-hydrogen) atoms. The van der Waals surface area contributed by atoms with Crippen molar-refractivity contribution in [1.82, 2.24) is 20.2 Å². The average Bonchev–Trinajstić information content (AvgIpc) is 3.11. The summed E-state index contributed by atoms with van der Waals surface area (Å²) in [5, 5.41) is 23.5. The maximum Gasteiger partial charge on any atom is 0.247 e. The Morgan fingerprint density at radius 1 is 1.19 bits per heavy atom. The van der Waals surface area contributed by atoms with Crippen molar-refractivity contribution >= 4 is 17.8 Å². The lowest BCUT2D eigenvalue weighted by Crippen LogP contribution is -2.56. The van der Waals surface area contributed by atoms with E-state index in [1.165, 1.54) is 0 Å². The van der Waals surface area contributed by atoms with Crippen molar-refractivity contribution in [3.63, 3.8) is 0 Å². The number of hydrogen-bond donors (Lipinski definition) is 3. The summed E-state index contributed by atoms with van der Waals surface area (Å²) in [6, 6.07) is 0.788. The molecule has 0 radical (unpaired) electrons. The van der Waals surface area contributed by atoms with Crippen molar-refractivity contribution < 1.29 is 19.8 Å². The molecule has 2 saturated carbocycles. The van der Waals surface area contributed by atoms with E-state index in [4.69, 9.17) is 0 Å². The third-order valence-corrected chi connectivity index (χ3v) is 8.61. The molecule has 2 amide bonds. The van der Waals surface area contributed by atoms with Crippen molar-refractivity contribution in [3.05, 3.63) is 18.5 Å². The van der Waals surface area contributed by atoms with Crippen molar-refractivity contribution in [3.8, 4) is 0 Å². The number of fused-ring (bicyclic) bond motifs is 2. The van der Waals surface area contributed by atoms with Gasteiger partial charge < -0.3 is 25.3 Å². The van der Waals surface area contributed by atoms with E-state index in [0.29, 0.717) is 32.1 Å². The number of amides is 2. The Balaban J connectivity index is 1.32. The highest BCUT2D eigenvalue weighted by Crippen LogP contribution is 2.68. The minimum atomic E-state index is -0.971. The summed E-state index contributed by atoms with van der Waals surface area (Å²) in [4.78, 5) is 37.9. The van der Waals surface area contributed by atoms with Crippen LogP contribution in [0.4, 0.5) is 5.95 Å². The second kappa shape index (κ2) is 8.59. The molecule has 4 rings (SSSR count). The van der Waals surface area contributed by atoms with Crippen LogP contribution in [0.1, 0.15) is 40.0 Å². The van der Waals surface area contributed by atoms with E-state index in [1.807, 2.05) is 4.90 Å². The molecule has 9 nitrogen and oxygen atoms in total. The topological polar surface area (TPSA) is 119 Å². The zero-order chi connectivity index (χ0) is 23.1. The van der Waals surface area contributed by atoms with Crippen LogP contribution in [0.15, 0.2) is 18.5 Å². The monoisotopic (exact) mass is 445 g/mol. The minimum absolute atomic E-state index is 0.0221. The van der Waals surface area contributed by atoms with Gasteiger partial charge >= 0.3 is 0 Å². The first kappa shape index (κ1) is 22.9. The SMILES string of the molecule is CC1(C)C2CCC1(C)C(O)C2CC(=O)N[C@@H](CO)C(=O)N1CCN(c2ncccn2)CC1. The molecule has 0 spiro atoms. The molecule has 2 bridgehead atoms. The first-order valence-electron chi connectivity index (χ1n) is 11.6. The quantitative estimate of drug-likeness (QED) is 0.581. The molecule has 1 aromatic heterocycles. The summed E-state index contributed by atoms with van der Waals surface area (Å²) < 4.78 is 0. The number of nitrogens with one attached hydrogen (secondary N) is 1. The van der Waals surface area contributed by atoms with Crippen molar-refractivity contribution in [2.75, 3.05) is 37.7 Å². The third-order valence-electron chi connectivity index (χ3n) is 8.61. The maximum absolute atomic E-state index is 12.9. The van der Waals surface area contributed by atoms with Crippen LogP contribution in [0.25, 0.3) is 0 Å². The van der Waals surface area contributed by atoms with Gasteiger partial charge in [-0.3, -0.25) is 9.59 Å². The van der Waals surface area contributed by atoms with Crippen molar-refractivity contribution in [2.45, 2.75) is 52.2 Å². The summed E-state index contributed by atoms with van der Waals surface area (Å²) in [6.07, 6.45) is 5.00. The largest absolute Gasteiger partial charge is 0.394 e. The van der Waals surface area contributed by atoms with E-state index in [2.05, 4.69) is 36.1 Å². The number of nitrogens with zero attached hydrogens (tertiary/aromatic N) is 4. The highest BCUT2D eigenvalue weighted by atomic mass is 16.3. The first-order chi connectivity index (χ1) is 15.2. The Labute approximate surface area is 189 Å². The van der Waals surface area contributed by atoms with E-state index in [1.54, 1.807) is 23.4 Å². The molecule has 1 aromatic rings. The average molecular weight is 446 g/mol. The van der Waals surface area contributed by atoms with Crippen LogP contribution in [0.5, 0.6) is 0 Å². The van der Waals surface area contributed by atoms with Crippen LogP contribution in [-0.4, -0.2) is 81.8 Å². The van der Waals surface area contributed by atoms with Crippen LogP contribution >= 0.6 is 0 Å². The minimum Gasteiger partial charge on any atom is -0.394 e. The van der Waals surface area contributed by atoms with Gasteiger partial charge in [-0.25, -0.2) is 9.97 Å². The van der Waals surface area contributed by atoms with Gasteiger partial charge in [-0.15, -0.1) is 0 Å². The molecule has 4 unspecified atom stereocenters. The smallest absolute Gasteiger partial charge is 0.247 e.